The number of allylic oxidation sites excluding steroid dienone is 1. The maximum atomic E-state index is 11.8. The number of rotatable bonds is 5. The maximum absolute atomic E-state index is 11.8. The largest absolute Gasteiger partial charge is 0.465 e. The highest BCUT2D eigenvalue weighted by molar-refractivity contribution is 7.14. The van der Waals surface area contributed by atoms with Crippen LogP contribution in [-0.4, -0.2) is 18.1 Å². The zero-order valence-corrected chi connectivity index (χ0v) is 14.9. The molecule has 0 saturated carbocycles. The van der Waals surface area contributed by atoms with E-state index in [0.29, 0.717) is 21.8 Å². The van der Waals surface area contributed by atoms with Gasteiger partial charge in [-0.15, -0.1) is 22.7 Å². The van der Waals surface area contributed by atoms with E-state index >= 15 is 0 Å². The number of thiazole rings is 1. The molecule has 5 nitrogen and oxygen atoms in total. The van der Waals surface area contributed by atoms with Crippen molar-refractivity contribution in [3.8, 4) is 16.6 Å². The number of esters is 1. The van der Waals surface area contributed by atoms with Crippen molar-refractivity contribution in [3.63, 3.8) is 0 Å². The number of methoxy groups -OCH3 is 1. The number of nitrogens with one attached hydrogen (secondary N) is 1. The molecule has 3 rings (SSSR count). The monoisotopic (exact) mass is 367 g/mol. The van der Waals surface area contributed by atoms with E-state index in [1.165, 1.54) is 18.4 Å². The van der Waals surface area contributed by atoms with Gasteiger partial charge >= 0.3 is 5.97 Å². The van der Waals surface area contributed by atoms with Gasteiger partial charge in [0, 0.05) is 11.6 Å². The van der Waals surface area contributed by atoms with Crippen molar-refractivity contribution in [2.45, 2.75) is 0 Å². The van der Waals surface area contributed by atoms with Crippen molar-refractivity contribution in [2.24, 2.45) is 0 Å². The summed E-state index contributed by atoms with van der Waals surface area (Å²) in [5.74, 6) is -0.441. The third-order valence-electron chi connectivity index (χ3n) is 3.33. The molecule has 0 bridgehead atoms. The van der Waals surface area contributed by atoms with E-state index in [4.69, 9.17) is 4.74 Å². The Kier molecular flexibility index (Phi) is 5.23. The fourth-order valence-corrected chi connectivity index (χ4v) is 3.67. The van der Waals surface area contributed by atoms with E-state index in [2.05, 4.69) is 16.4 Å². The van der Waals surface area contributed by atoms with Gasteiger partial charge < -0.3 is 10.1 Å². The highest BCUT2D eigenvalue weighted by atomic mass is 32.1. The molecule has 0 aliphatic rings. The first-order valence-corrected chi connectivity index (χ1v) is 9.02. The second-order valence-electron chi connectivity index (χ2n) is 4.87. The number of carbonyl (C=O) groups excluding carboxylic acids is 1. The van der Waals surface area contributed by atoms with Gasteiger partial charge in [-0.05, 0) is 23.6 Å². The Morgan fingerprint density at radius 2 is 2.12 bits per heavy atom. The number of hydrogen-bond acceptors (Lipinski definition) is 7. The molecule has 0 fully saturated rings. The number of anilines is 1. The number of ether oxygens (including phenoxy) is 1. The number of aromatic nitrogens is 1. The normalized spacial score (nSPS) is 11.0. The van der Waals surface area contributed by atoms with Crippen LogP contribution in [0, 0.1) is 11.3 Å². The molecule has 124 valence electrons. The smallest absolute Gasteiger partial charge is 0.339 e. The summed E-state index contributed by atoms with van der Waals surface area (Å²) in [5.41, 5.74) is 2.22. The van der Waals surface area contributed by atoms with E-state index in [-0.39, 0.29) is 0 Å². The standard InChI is InChI=1S/C18H13N3O2S2/c1-23-18(22)13-5-2-3-6-14(13)20-10-12(9-19)17-21-15(11-25-17)16-7-4-8-24-16/h2-8,10-11,20H,1H3/b12-10-. The lowest BCUT2D eigenvalue weighted by atomic mass is 10.2. The molecule has 0 radical (unpaired) electrons. The van der Waals surface area contributed by atoms with Crippen molar-refractivity contribution in [3.05, 3.63) is 63.9 Å². The van der Waals surface area contributed by atoms with Crippen LogP contribution in [-0.2, 0) is 4.74 Å². The Morgan fingerprint density at radius 3 is 2.84 bits per heavy atom. The molecule has 0 atom stereocenters. The molecule has 0 aliphatic heterocycles. The van der Waals surface area contributed by atoms with Crippen LogP contribution in [0.15, 0.2) is 53.4 Å². The fraction of sp³-hybridized carbons (Fsp3) is 0.0556. The minimum absolute atomic E-state index is 0.396. The Bertz CT molecular complexity index is 953. The van der Waals surface area contributed by atoms with Gasteiger partial charge in [-0.1, -0.05) is 18.2 Å². The van der Waals surface area contributed by atoms with E-state index in [1.54, 1.807) is 41.8 Å². The number of thiophene rings is 1. The van der Waals surface area contributed by atoms with Gasteiger partial charge in [0.25, 0.3) is 0 Å². The van der Waals surface area contributed by atoms with Crippen LogP contribution in [0.1, 0.15) is 15.4 Å². The number of nitrogens with zero attached hydrogens (tertiary/aromatic N) is 2. The van der Waals surface area contributed by atoms with Crippen LogP contribution in [0.3, 0.4) is 0 Å². The molecule has 1 aromatic carbocycles. The van der Waals surface area contributed by atoms with Gasteiger partial charge in [-0.25, -0.2) is 9.78 Å². The summed E-state index contributed by atoms with van der Waals surface area (Å²) in [6, 6.07) is 13.1. The molecular weight excluding hydrogens is 354 g/mol. The van der Waals surface area contributed by atoms with E-state index in [9.17, 15) is 10.1 Å². The number of para-hydroxylation sites is 1. The van der Waals surface area contributed by atoms with Gasteiger partial charge in [0.15, 0.2) is 0 Å². The highest BCUT2D eigenvalue weighted by Gasteiger charge is 2.12. The van der Waals surface area contributed by atoms with Crippen molar-refractivity contribution in [1.29, 1.82) is 5.26 Å². The van der Waals surface area contributed by atoms with Crippen LogP contribution in [0.25, 0.3) is 16.1 Å². The van der Waals surface area contributed by atoms with Crippen molar-refractivity contribution >= 4 is 39.9 Å². The predicted octanol–water partition coefficient (Wildman–Crippen LogP) is 4.63. The zero-order chi connectivity index (χ0) is 17.6. The molecule has 3 aromatic rings. The molecule has 2 aromatic heterocycles. The summed E-state index contributed by atoms with van der Waals surface area (Å²) in [6.07, 6.45) is 1.55. The Hall–Kier alpha value is -2.95. The molecule has 1 N–H and O–H groups in total. The molecule has 0 spiro atoms. The predicted molar refractivity (Wildman–Crippen MR) is 100 cm³/mol. The summed E-state index contributed by atoms with van der Waals surface area (Å²) >= 11 is 3.01. The number of carbonyl (C=O) groups is 1. The van der Waals surface area contributed by atoms with Crippen LogP contribution >= 0.6 is 22.7 Å². The summed E-state index contributed by atoms with van der Waals surface area (Å²) in [6.45, 7) is 0. The molecule has 2 heterocycles. The van der Waals surface area contributed by atoms with E-state index in [1.807, 2.05) is 22.9 Å². The first-order chi connectivity index (χ1) is 12.2. The Balaban J connectivity index is 1.85. The average molecular weight is 367 g/mol. The number of nitriles is 1. The van der Waals surface area contributed by atoms with Crippen molar-refractivity contribution < 1.29 is 9.53 Å². The third-order valence-corrected chi connectivity index (χ3v) is 5.10. The molecule has 0 amide bonds. The van der Waals surface area contributed by atoms with Gasteiger partial charge in [0.1, 0.15) is 16.6 Å². The maximum Gasteiger partial charge on any atom is 0.339 e. The lowest BCUT2D eigenvalue weighted by Crippen LogP contribution is -2.05. The van der Waals surface area contributed by atoms with Crippen LogP contribution in [0.5, 0.6) is 0 Å². The van der Waals surface area contributed by atoms with Gasteiger partial charge in [0.2, 0.25) is 0 Å². The zero-order valence-electron chi connectivity index (χ0n) is 13.2. The lowest BCUT2D eigenvalue weighted by molar-refractivity contribution is 0.0602. The van der Waals surface area contributed by atoms with E-state index in [0.717, 1.165) is 10.6 Å². The van der Waals surface area contributed by atoms with Crippen molar-refractivity contribution in [2.75, 3.05) is 12.4 Å². The summed E-state index contributed by atoms with van der Waals surface area (Å²) in [7, 11) is 1.33. The summed E-state index contributed by atoms with van der Waals surface area (Å²) < 4.78 is 4.77. The minimum atomic E-state index is -0.441. The first-order valence-electron chi connectivity index (χ1n) is 7.27. The van der Waals surface area contributed by atoms with Crippen LogP contribution in [0.4, 0.5) is 5.69 Å². The average Bonchev–Trinajstić information content (AvgIpc) is 3.33. The molecule has 25 heavy (non-hydrogen) atoms. The van der Waals surface area contributed by atoms with Gasteiger partial charge in [-0.3, -0.25) is 0 Å². The molecule has 0 aliphatic carbocycles. The topological polar surface area (TPSA) is 75.0 Å². The van der Waals surface area contributed by atoms with Crippen LogP contribution in [0.2, 0.25) is 0 Å². The van der Waals surface area contributed by atoms with Crippen molar-refractivity contribution in [1.82, 2.24) is 4.98 Å². The molecule has 0 unspecified atom stereocenters. The molecule has 0 saturated heterocycles. The third kappa shape index (κ3) is 3.76. The lowest BCUT2D eigenvalue weighted by Gasteiger charge is -2.07. The minimum Gasteiger partial charge on any atom is -0.465 e. The molecule has 7 heteroatoms. The Morgan fingerprint density at radius 1 is 1.28 bits per heavy atom. The SMILES string of the molecule is COC(=O)c1ccccc1N/C=C(/C#N)c1nc(-c2cccs2)cs1. The number of benzene rings is 1. The molecular formula is C18H13N3O2S2. The highest BCUT2D eigenvalue weighted by Crippen LogP contribution is 2.29. The first kappa shape index (κ1) is 16.9. The van der Waals surface area contributed by atoms with Crippen LogP contribution < -0.4 is 5.32 Å². The summed E-state index contributed by atoms with van der Waals surface area (Å²) in [4.78, 5) is 17.4. The Labute approximate surface area is 152 Å². The fourth-order valence-electron chi connectivity index (χ4n) is 2.12. The van der Waals surface area contributed by atoms with Gasteiger partial charge in [-0.2, -0.15) is 5.26 Å². The summed E-state index contributed by atoms with van der Waals surface area (Å²) in [5, 5.41) is 17.0. The number of hydrogen-bond donors (Lipinski definition) is 1. The second-order valence-corrected chi connectivity index (χ2v) is 6.67. The van der Waals surface area contributed by atoms with E-state index < -0.39 is 5.97 Å². The van der Waals surface area contributed by atoms with Gasteiger partial charge in [0.05, 0.1) is 28.9 Å². The quantitative estimate of drug-likeness (QED) is 0.525. The second kappa shape index (κ2) is 7.75.